The Morgan fingerprint density at radius 2 is 1.96 bits per heavy atom. The second-order valence-electron chi connectivity index (χ2n) is 4.85. The predicted octanol–water partition coefficient (Wildman–Crippen LogP) is 4.76. The van der Waals surface area contributed by atoms with Crippen LogP contribution in [0.15, 0.2) is 41.4 Å². The van der Waals surface area contributed by atoms with Crippen LogP contribution in [0.2, 0.25) is 0 Å². The minimum atomic E-state index is 0.215. The first-order chi connectivity index (χ1) is 11.1. The van der Waals surface area contributed by atoms with Crippen molar-refractivity contribution in [1.82, 2.24) is 0 Å². The summed E-state index contributed by atoms with van der Waals surface area (Å²) in [5.74, 6) is 3.83. The van der Waals surface area contributed by atoms with Crippen molar-refractivity contribution in [2.24, 2.45) is 4.99 Å². The molecule has 118 valence electrons. The topological polar surface area (TPSA) is 30.8 Å². The molecule has 2 rings (SSSR count). The minimum Gasteiger partial charge on any atom is -0.490 e. The van der Waals surface area contributed by atoms with E-state index >= 15 is 0 Å². The van der Waals surface area contributed by atoms with Crippen molar-refractivity contribution in [2.45, 2.75) is 13.8 Å². The Labute approximate surface area is 150 Å². The minimum absolute atomic E-state index is 0.215. The number of hydrogen-bond acceptors (Lipinski definition) is 3. The molecule has 2 aromatic rings. The number of hydrogen-bond donors (Lipinski definition) is 0. The molecule has 0 spiro atoms. The SMILES string of the molecule is C#CCOc1c(I)cc(C=Nc2ccc(C)cc2)cc1OCC. The quantitative estimate of drug-likeness (QED) is 0.384. The van der Waals surface area contributed by atoms with Crippen LogP contribution in [0.1, 0.15) is 18.1 Å². The standard InChI is InChI=1S/C19H18INO2/c1-4-10-23-19-17(20)11-15(12-18(19)22-5-2)13-21-16-8-6-14(3)7-9-16/h1,6-9,11-13H,5,10H2,2-3H3. The summed E-state index contributed by atoms with van der Waals surface area (Å²) in [4.78, 5) is 4.49. The van der Waals surface area contributed by atoms with Crippen LogP contribution >= 0.6 is 22.6 Å². The Bertz CT molecular complexity index is 730. The van der Waals surface area contributed by atoms with Gasteiger partial charge in [0.25, 0.3) is 0 Å². The molecule has 0 aliphatic carbocycles. The summed E-state index contributed by atoms with van der Waals surface area (Å²) >= 11 is 2.21. The van der Waals surface area contributed by atoms with Gasteiger partial charge < -0.3 is 9.47 Å². The van der Waals surface area contributed by atoms with Gasteiger partial charge in [0.05, 0.1) is 15.9 Å². The van der Waals surface area contributed by atoms with Crippen molar-refractivity contribution in [3.05, 3.63) is 51.1 Å². The van der Waals surface area contributed by atoms with Gasteiger partial charge in [-0.25, -0.2) is 0 Å². The summed E-state index contributed by atoms with van der Waals surface area (Å²) in [5, 5.41) is 0. The van der Waals surface area contributed by atoms with Crippen molar-refractivity contribution in [2.75, 3.05) is 13.2 Å². The zero-order chi connectivity index (χ0) is 16.7. The van der Waals surface area contributed by atoms with Crippen LogP contribution in [0.4, 0.5) is 5.69 Å². The molecule has 0 saturated carbocycles. The summed E-state index contributed by atoms with van der Waals surface area (Å²) in [6, 6.07) is 12.0. The van der Waals surface area contributed by atoms with Crippen LogP contribution < -0.4 is 9.47 Å². The van der Waals surface area contributed by atoms with Gasteiger partial charge in [0.1, 0.15) is 6.61 Å². The molecule has 0 aromatic heterocycles. The number of nitrogens with zero attached hydrogens (tertiary/aromatic N) is 1. The maximum absolute atomic E-state index is 5.66. The molecule has 0 fully saturated rings. The third kappa shape index (κ3) is 5.00. The van der Waals surface area contributed by atoms with Crippen molar-refractivity contribution in [3.63, 3.8) is 0 Å². The van der Waals surface area contributed by atoms with E-state index in [4.69, 9.17) is 15.9 Å². The Balaban J connectivity index is 2.28. The Morgan fingerprint density at radius 3 is 2.61 bits per heavy atom. The highest BCUT2D eigenvalue weighted by Crippen LogP contribution is 2.34. The van der Waals surface area contributed by atoms with Gasteiger partial charge in [-0.15, -0.1) is 6.42 Å². The fraction of sp³-hybridized carbons (Fsp3) is 0.211. The van der Waals surface area contributed by atoms with Gasteiger partial charge in [-0.05, 0) is 66.3 Å². The maximum Gasteiger partial charge on any atom is 0.175 e. The van der Waals surface area contributed by atoms with Gasteiger partial charge in [0.2, 0.25) is 0 Å². The summed E-state index contributed by atoms with van der Waals surface area (Å²) in [5.41, 5.74) is 3.08. The highest BCUT2D eigenvalue weighted by Gasteiger charge is 2.11. The first kappa shape index (κ1) is 17.4. The highest BCUT2D eigenvalue weighted by atomic mass is 127. The summed E-state index contributed by atoms with van der Waals surface area (Å²) < 4.78 is 12.2. The van der Waals surface area contributed by atoms with E-state index in [0.29, 0.717) is 18.1 Å². The second-order valence-corrected chi connectivity index (χ2v) is 6.01. The lowest BCUT2D eigenvalue weighted by Crippen LogP contribution is -2.02. The zero-order valence-electron chi connectivity index (χ0n) is 13.2. The molecule has 0 aliphatic rings. The molecule has 0 atom stereocenters. The van der Waals surface area contributed by atoms with Crippen molar-refractivity contribution in [3.8, 4) is 23.8 Å². The zero-order valence-corrected chi connectivity index (χ0v) is 15.3. The monoisotopic (exact) mass is 419 g/mol. The van der Waals surface area contributed by atoms with Crippen LogP contribution in [-0.4, -0.2) is 19.4 Å². The molecule has 0 amide bonds. The van der Waals surface area contributed by atoms with E-state index in [2.05, 4.69) is 40.4 Å². The summed E-state index contributed by atoms with van der Waals surface area (Å²) in [7, 11) is 0. The lowest BCUT2D eigenvalue weighted by Gasteiger charge is -2.13. The number of terminal acetylenes is 1. The average Bonchev–Trinajstić information content (AvgIpc) is 2.54. The molecule has 4 heteroatoms. The predicted molar refractivity (Wildman–Crippen MR) is 103 cm³/mol. The third-order valence-electron chi connectivity index (χ3n) is 3.03. The van der Waals surface area contributed by atoms with Crippen LogP contribution in [0.5, 0.6) is 11.5 Å². The number of aryl methyl sites for hydroxylation is 1. The van der Waals surface area contributed by atoms with Crippen LogP contribution in [-0.2, 0) is 0 Å². The molecule has 0 radical (unpaired) electrons. The number of ether oxygens (including phenoxy) is 2. The number of rotatable bonds is 6. The Morgan fingerprint density at radius 1 is 1.22 bits per heavy atom. The molecule has 0 unspecified atom stereocenters. The highest BCUT2D eigenvalue weighted by molar-refractivity contribution is 14.1. The second kappa shape index (κ2) is 8.59. The van der Waals surface area contributed by atoms with Crippen LogP contribution in [0.3, 0.4) is 0 Å². The van der Waals surface area contributed by atoms with E-state index in [1.165, 1.54) is 5.56 Å². The molecule has 0 heterocycles. The molecular formula is C19H18INO2. The Kier molecular flexibility index (Phi) is 6.48. The van der Waals surface area contributed by atoms with Gasteiger partial charge in [-0.1, -0.05) is 23.6 Å². The van der Waals surface area contributed by atoms with Gasteiger partial charge >= 0.3 is 0 Å². The Hall–Kier alpha value is -2.00. The number of aliphatic imine (C=N–C) groups is 1. The molecule has 0 aliphatic heterocycles. The first-order valence-corrected chi connectivity index (χ1v) is 8.35. The van der Waals surface area contributed by atoms with E-state index in [1.54, 1.807) is 0 Å². The fourth-order valence-corrected chi connectivity index (χ4v) is 2.74. The molecule has 0 bridgehead atoms. The number of benzene rings is 2. The van der Waals surface area contributed by atoms with Gasteiger partial charge in [-0.2, -0.15) is 0 Å². The summed E-state index contributed by atoms with van der Waals surface area (Å²) in [6.07, 6.45) is 7.08. The molecule has 3 nitrogen and oxygen atoms in total. The van der Waals surface area contributed by atoms with Crippen LogP contribution in [0.25, 0.3) is 0 Å². The molecular weight excluding hydrogens is 401 g/mol. The lowest BCUT2D eigenvalue weighted by molar-refractivity contribution is 0.298. The van der Waals surface area contributed by atoms with E-state index in [-0.39, 0.29) is 6.61 Å². The average molecular weight is 419 g/mol. The van der Waals surface area contributed by atoms with Crippen molar-refractivity contribution >= 4 is 34.5 Å². The smallest absolute Gasteiger partial charge is 0.175 e. The van der Waals surface area contributed by atoms with Gasteiger partial charge in [0, 0.05) is 6.21 Å². The maximum atomic E-state index is 5.66. The molecule has 23 heavy (non-hydrogen) atoms. The third-order valence-corrected chi connectivity index (χ3v) is 3.83. The van der Waals surface area contributed by atoms with E-state index in [1.807, 2.05) is 49.5 Å². The molecule has 2 aromatic carbocycles. The van der Waals surface area contributed by atoms with E-state index in [0.717, 1.165) is 14.8 Å². The molecule has 0 saturated heterocycles. The molecule has 0 N–H and O–H groups in total. The van der Waals surface area contributed by atoms with Crippen molar-refractivity contribution < 1.29 is 9.47 Å². The van der Waals surface area contributed by atoms with Gasteiger partial charge in [-0.3, -0.25) is 4.99 Å². The van der Waals surface area contributed by atoms with E-state index < -0.39 is 0 Å². The first-order valence-electron chi connectivity index (χ1n) is 7.27. The lowest BCUT2D eigenvalue weighted by atomic mass is 10.2. The summed E-state index contributed by atoms with van der Waals surface area (Å²) in [6.45, 7) is 4.76. The fourth-order valence-electron chi connectivity index (χ4n) is 1.96. The van der Waals surface area contributed by atoms with E-state index in [9.17, 15) is 0 Å². The van der Waals surface area contributed by atoms with Gasteiger partial charge in [0.15, 0.2) is 11.5 Å². The van der Waals surface area contributed by atoms with Crippen molar-refractivity contribution in [1.29, 1.82) is 0 Å². The van der Waals surface area contributed by atoms with Crippen LogP contribution in [0, 0.1) is 22.8 Å². The number of halogens is 1. The normalized spacial score (nSPS) is 10.5. The largest absolute Gasteiger partial charge is 0.490 e.